The highest BCUT2D eigenvalue weighted by atomic mass is 19.1. The summed E-state index contributed by atoms with van der Waals surface area (Å²) >= 11 is 0. The Morgan fingerprint density at radius 1 is 1.06 bits per heavy atom. The largest absolute Gasteiger partial charge is 0.497 e. The first-order valence-corrected chi connectivity index (χ1v) is 9.83. The number of aromatic nitrogens is 2. The third kappa shape index (κ3) is 5.48. The van der Waals surface area contributed by atoms with Gasteiger partial charge in [-0.1, -0.05) is 13.3 Å². The van der Waals surface area contributed by atoms with Crippen LogP contribution in [0.3, 0.4) is 0 Å². The van der Waals surface area contributed by atoms with Gasteiger partial charge in [0.25, 0.3) is 5.56 Å². The fourth-order valence-corrected chi connectivity index (χ4v) is 3.13. The zero-order valence-corrected chi connectivity index (χ0v) is 17.6. The van der Waals surface area contributed by atoms with E-state index >= 15 is 0 Å². The Hall–Kier alpha value is -3.68. The van der Waals surface area contributed by atoms with E-state index in [1.165, 1.54) is 49.1 Å². The van der Waals surface area contributed by atoms with E-state index in [0.717, 1.165) is 6.42 Å². The molecule has 0 saturated carbocycles. The smallest absolute Gasteiger partial charge is 0.254 e. The van der Waals surface area contributed by atoms with Crippen molar-refractivity contribution in [2.75, 3.05) is 19.5 Å². The normalized spacial score (nSPS) is 10.6. The van der Waals surface area contributed by atoms with Crippen LogP contribution in [-0.4, -0.2) is 29.7 Å². The summed E-state index contributed by atoms with van der Waals surface area (Å²) in [4.78, 5) is 30.1. The Bertz CT molecular complexity index is 1100. The van der Waals surface area contributed by atoms with Crippen molar-refractivity contribution in [1.29, 1.82) is 0 Å². The van der Waals surface area contributed by atoms with Crippen LogP contribution < -0.4 is 20.3 Å². The molecule has 7 nitrogen and oxygen atoms in total. The maximum absolute atomic E-state index is 13.4. The number of aryl methyl sites for hydroxylation is 1. The van der Waals surface area contributed by atoms with Gasteiger partial charge in [0.15, 0.2) is 0 Å². The fraction of sp³-hybridized carbons (Fsp3) is 0.261. The van der Waals surface area contributed by atoms with E-state index < -0.39 is 11.7 Å². The van der Waals surface area contributed by atoms with Gasteiger partial charge in [-0.05, 0) is 30.7 Å². The maximum Gasteiger partial charge on any atom is 0.254 e. The van der Waals surface area contributed by atoms with Crippen LogP contribution in [0.15, 0.2) is 53.3 Å². The minimum Gasteiger partial charge on any atom is -0.497 e. The summed E-state index contributed by atoms with van der Waals surface area (Å²) in [6, 6.07) is 12.1. The van der Waals surface area contributed by atoms with E-state index in [1.54, 1.807) is 18.2 Å². The van der Waals surface area contributed by atoms with E-state index in [4.69, 9.17) is 9.47 Å². The molecule has 3 aromatic rings. The molecule has 0 aliphatic rings. The quantitative estimate of drug-likeness (QED) is 0.596. The molecule has 0 saturated heterocycles. The van der Waals surface area contributed by atoms with Crippen LogP contribution in [0.1, 0.15) is 19.0 Å². The van der Waals surface area contributed by atoms with Crippen molar-refractivity contribution < 1.29 is 18.7 Å². The van der Waals surface area contributed by atoms with Crippen LogP contribution in [0.5, 0.6) is 11.5 Å². The van der Waals surface area contributed by atoms with E-state index in [2.05, 4.69) is 10.3 Å². The lowest BCUT2D eigenvalue weighted by Gasteiger charge is -2.14. The molecule has 1 heterocycles. The van der Waals surface area contributed by atoms with Gasteiger partial charge in [0.2, 0.25) is 5.91 Å². The SMILES string of the molecule is CCCc1cc(=O)n(CC(=O)Nc2cc(OC)cc(OC)c2)c(-c2ccc(F)cc2)n1. The van der Waals surface area contributed by atoms with Crippen LogP contribution in [-0.2, 0) is 17.8 Å². The Morgan fingerprint density at radius 2 is 1.71 bits per heavy atom. The fourth-order valence-electron chi connectivity index (χ4n) is 3.13. The minimum atomic E-state index is -0.425. The summed E-state index contributed by atoms with van der Waals surface area (Å²) in [7, 11) is 3.02. The first-order valence-electron chi connectivity index (χ1n) is 9.83. The van der Waals surface area contributed by atoms with Gasteiger partial charge in [0.05, 0.1) is 14.2 Å². The monoisotopic (exact) mass is 425 g/mol. The number of nitrogens with zero attached hydrogens (tertiary/aromatic N) is 2. The molecule has 31 heavy (non-hydrogen) atoms. The molecule has 162 valence electrons. The molecule has 1 amide bonds. The molecule has 0 aliphatic heterocycles. The van der Waals surface area contributed by atoms with E-state index in [-0.39, 0.29) is 12.1 Å². The second kappa shape index (κ2) is 9.88. The van der Waals surface area contributed by atoms with Crippen LogP contribution in [0.25, 0.3) is 11.4 Å². The highest BCUT2D eigenvalue weighted by molar-refractivity contribution is 5.91. The second-order valence-corrected chi connectivity index (χ2v) is 6.90. The first-order chi connectivity index (χ1) is 14.9. The Labute approximate surface area is 179 Å². The van der Waals surface area contributed by atoms with E-state index in [0.29, 0.717) is 40.7 Å². The van der Waals surface area contributed by atoms with Crippen molar-refractivity contribution >= 4 is 11.6 Å². The van der Waals surface area contributed by atoms with Gasteiger partial charge in [-0.15, -0.1) is 0 Å². The van der Waals surface area contributed by atoms with Crippen LogP contribution in [0.4, 0.5) is 10.1 Å². The molecule has 2 aromatic carbocycles. The van der Waals surface area contributed by atoms with Crippen LogP contribution in [0, 0.1) is 5.82 Å². The van der Waals surface area contributed by atoms with Crippen molar-refractivity contribution in [3.05, 3.63) is 70.4 Å². The summed E-state index contributed by atoms with van der Waals surface area (Å²) in [6.07, 6.45) is 1.44. The number of ether oxygens (including phenoxy) is 2. The number of carbonyl (C=O) groups is 1. The van der Waals surface area contributed by atoms with Crippen LogP contribution in [0.2, 0.25) is 0 Å². The van der Waals surface area contributed by atoms with Gasteiger partial charge in [-0.25, -0.2) is 9.37 Å². The highest BCUT2D eigenvalue weighted by Gasteiger charge is 2.15. The molecule has 0 spiro atoms. The van der Waals surface area contributed by atoms with Gasteiger partial charge in [-0.2, -0.15) is 0 Å². The molecule has 0 radical (unpaired) electrons. The first kappa shape index (κ1) is 22.0. The van der Waals surface area contributed by atoms with E-state index in [1.807, 2.05) is 6.92 Å². The molecular formula is C23H24FN3O4. The Kier molecular flexibility index (Phi) is 7.02. The third-order valence-corrected chi connectivity index (χ3v) is 4.61. The molecule has 8 heteroatoms. The summed E-state index contributed by atoms with van der Waals surface area (Å²) in [6.45, 7) is 1.73. The minimum absolute atomic E-state index is 0.259. The van der Waals surface area contributed by atoms with Crippen molar-refractivity contribution in [2.45, 2.75) is 26.3 Å². The summed E-state index contributed by atoms with van der Waals surface area (Å²) < 4.78 is 25.1. The molecule has 0 unspecified atom stereocenters. The van der Waals surface area contributed by atoms with Gasteiger partial charge >= 0.3 is 0 Å². The Morgan fingerprint density at radius 3 is 2.29 bits per heavy atom. The van der Waals surface area contributed by atoms with Crippen molar-refractivity contribution in [2.24, 2.45) is 0 Å². The van der Waals surface area contributed by atoms with Crippen LogP contribution >= 0.6 is 0 Å². The molecule has 0 atom stereocenters. The number of rotatable bonds is 8. The number of halogens is 1. The zero-order chi connectivity index (χ0) is 22.4. The van der Waals surface area contributed by atoms with Crippen molar-refractivity contribution in [1.82, 2.24) is 9.55 Å². The summed E-state index contributed by atoms with van der Waals surface area (Å²) in [5.41, 5.74) is 1.29. The lowest BCUT2D eigenvalue weighted by atomic mass is 10.1. The summed E-state index contributed by atoms with van der Waals surface area (Å²) in [5, 5.41) is 2.75. The summed E-state index contributed by atoms with van der Waals surface area (Å²) in [5.74, 6) is 0.529. The molecular weight excluding hydrogens is 401 g/mol. The number of amides is 1. The molecule has 0 fully saturated rings. The molecule has 1 N–H and O–H groups in total. The predicted octanol–water partition coefficient (Wildman–Crippen LogP) is 3.66. The average molecular weight is 425 g/mol. The standard InChI is InChI=1S/C23H24FN3O4/c1-4-5-17-12-22(29)27(23(26-17)15-6-8-16(24)9-7-15)14-21(28)25-18-10-19(30-2)13-20(11-18)31-3/h6-13H,4-5,14H2,1-3H3,(H,25,28). The predicted molar refractivity (Wildman–Crippen MR) is 116 cm³/mol. The number of benzene rings is 2. The number of nitrogens with one attached hydrogen (secondary N) is 1. The molecule has 3 rings (SSSR count). The number of carbonyl (C=O) groups excluding carboxylic acids is 1. The van der Waals surface area contributed by atoms with E-state index in [9.17, 15) is 14.0 Å². The number of hydrogen-bond acceptors (Lipinski definition) is 5. The third-order valence-electron chi connectivity index (χ3n) is 4.61. The second-order valence-electron chi connectivity index (χ2n) is 6.90. The van der Waals surface area contributed by atoms with Crippen molar-refractivity contribution in [3.8, 4) is 22.9 Å². The number of anilines is 1. The number of methoxy groups -OCH3 is 2. The van der Waals surface area contributed by atoms with Gasteiger partial charge in [0, 0.05) is 41.2 Å². The van der Waals surface area contributed by atoms with Gasteiger partial charge in [-0.3, -0.25) is 14.2 Å². The van der Waals surface area contributed by atoms with Gasteiger partial charge in [0.1, 0.15) is 29.7 Å². The zero-order valence-electron chi connectivity index (χ0n) is 17.6. The topological polar surface area (TPSA) is 82.5 Å². The molecule has 0 bridgehead atoms. The van der Waals surface area contributed by atoms with Gasteiger partial charge < -0.3 is 14.8 Å². The lowest BCUT2D eigenvalue weighted by molar-refractivity contribution is -0.116. The lowest BCUT2D eigenvalue weighted by Crippen LogP contribution is -2.30. The average Bonchev–Trinajstić information content (AvgIpc) is 2.76. The molecule has 0 aliphatic carbocycles. The Balaban J connectivity index is 1.94. The highest BCUT2D eigenvalue weighted by Crippen LogP contribution is 2.26. The number of hydrogen-bond donors (Lipinski definition) is 1. The maximum atomic E-state index is 13.4. The molecule has 1 aromatic heterocycles. The van der Waals surface area contributed by atoms with Crippen molar-refractivity contribution in [3.63, 3.8) is 0 Å².